The molecule has 0 fully saturated rings. The monoisotopic (exact) mass is 259 g/mol. The molecule has 0 aromatic heterocycles. The first kappa shape index (κ1) is 13.3. The first-order valence-electron chi connectivity index (χ1n) is 4.57. The molecule has 0 saturated carbocycles. The predicted octanol–water partition coefficient (Wildman–Crippen LogP) is 2.45. The maximum atomic E-state index is 11.2. The van der Waals surface area contributed by atoms with Gasteiger partial charge in [-0.2, -0.15) is 0 Å². The Morgan fingerprint density at radius 1 is 1.56 bits per heavy atom. The van der Waals surface area contributed by atoms with Crippen LogP contribution in [0.4, 0.5) is 5.69 Å². The Bertz CT molecular complexity index is 386. The summed E-state index contributed by atoms with van der Waals surface area (Å²) in [4.78, 5) is 9.94. The molecule has 0 bridgehead atoms. The standard InChI is InChI=1S/C10H10ClNO3S/c1-2-16(15)6-5-8-3-4-9(12(13)14)7-10(8)11/h3-4,7H,2,6H2,1H3. The van der Waals surface area contributed by atoms with Crippen LogP contribution in [0.2, 0.25) is 5.02 Å². The van der Waals surface area contributed by atoms with Gasteiger partial charge in [0.2, 0.25) is 0 Å². The summed E-state index contributed by atoms with van der Waals surface area (Å²) < 4.78 is 11.2. The zero-order valence-corrected chi connectivity index (χ0v) is 10.2. The molecular weight excluding hydrogens is 250 g/mol. The number of nitro groups is 1. The minimum absolute atomic E-state index is 0.0628. The van der Waals surface area contributed by atoms with E-state index < -0.39 is 16.1 Å². The van der Waals surface area contributed by atoms with Crippen molar-refractivity contribution in [2.24, 2.45) is 0 Å². The molecule has 0 saturated heterocycles. The van der Waals surface area contributed by atoms with Crippen molar-refractivity contribution in [3.8, 4) is 0 Å². The summed E-state index contributed by atoms with van der Waals surface area (Å²) in [7, 11) is 0. The molecule has 1 atom stereocenters. The zero-order chi connectivity index (χ0) is 12.1. The lowest BCUT2D eigenvalue weighted by Crippen LogP contribution is -2.09. The molecule has 0 heterocycles. The van der Waals surface area contributed by atoms with E-state index >= 15 is 0 Å². The lowest BCUT2D eigenvalue weighted by atomic mass is 10.1. The fourth-order valence-electron chi connectivity index (χ4n) is 1.02. The molecule has 16 heavy (non-hydrogen) atoms. The highest BCUT2D eigenvalue weighted by molar-refractivity contribution is 7.91. The number of benzene rings is 1. The first-order valence-corrected chi connectivity index (χ1v) is 6.44. The topological polar surface area (TPSA) is 66.2 Å². The van der Waals surface area contributed by atoms with Crippen LogP contribution in [0, 0.1) is 16.5 Å². The van der Waals surface area contributed by atoms with Gasteiger partial charge < -0.3 is 4.55 Å². The lowest BCUT2D eigenvalue weighted by Gasteiger charge is -2.08. The number of hydrogen-bond donors (Lipinski definition) is 0. The van der Waals surface area contributed by atoms with Crippen LogP contribution >= 0.6 is 11.6 Å². The molecule has 1 aromatic rings. The van der Waals surface area contributed by atoms with E-state index in [0.29, 0.717) is 11.3 Å². The highest BCUT2D eigenvalue weighted by Gasteiger charge is 2.12. The van der Waals surface area contributed by atoms with Crippen molar-refractivity contribution in [2.45, 2.75) is 6.92 Å². The fourth-order valence-corrected chi connectivity index (χ4v) is 1.78. The molecule has 1 rings (SSSR count). The van der Waals surface area contributed by atoms with Crippen LogP contribution in [0.3, 0.4) is 0 Å². The second-order valence-electron chi connectivity index (χ2n) is 2.97. The van der Waals surface area contributed by atoms with E-state index in [0.717, 1.165) is 0 Å². The molecule has 0 amide bonds. The fraction of sp³-hybridized carbons (Fsp3) is 0.300. The van der Waals surface area contributed by atoms with Gasteiger partial charge in [-0.3, -0.25) is 10.1 Å². The van der Waals surface area contributed by atoms with Crippen LogP contribution in [0.15, 0.2) is 18.2 Å². The first-order chi connectivity index (χ1) is 7.54. The number of nitrogens with zero attached hydrogens (tertiary/aromatic N) is 1. The van der Waals surface area contributed by atoms with Crippen molar-refractivity contribution in [3.05, 3.63) is 45.3 Å². The van der Waals surface area contributed by atoms with E-state index in [1.807, 2.05) is 6.92 Å². The molecule has 1 unspecified atom stereocenters. The van der Waals surface area contributed by atoms with Crippen LogP contribution in [0.25, 0.3) is 0 Å². The van der Waals surface area contributed by atoms with Crippen molar-refractivity contribution >= 4 is 28.5 Å². The van der Waals surface area contributed by atoms with Gasteiger partial charge in [0.25, 0.3) is 5.69 Å². The number of hydrogen-bond acceptors (Lipinski definition) is 3. The van der Waals surface area contributed by atoms with Crippen molar-refractivity contribution in [2.75, 3.05) is 11.5 Å². The van der Waals surface area contributed by atoms with Crippen LogP contribution in [-0.4, -0.2) is 21.0 Å². The average Bonchev–Trinajstić information content (AvgIpc) is 2.26. The van der Waals surface area contributed by atoms with Gasteiger partial charge in [0.15, 0.2) is 0 Å². The van der Waals surface area contributed by atoms with Gasteiger partial charge in [0.05, 0.1) is 16.4 Å². The maximum absolute atomic E-state index is 11.2. The Balaban J connectivity index is 2.72. The van der Waals surface area contributed by atoms with Gasteiger partial charge in [0.1, 0.15) is 11.5 Å². The molecule has 4 nitrogen and oxygen atoms in total. The highest BCUT2D eigenvalue weighted by Crippen LogP contribution is 2.23. The van der Waals surface area contributed by atoms with E-state index in [2.05, 4.69) is 6.42 Å². The second-order valence-corrected chi connectivity index (χ2v) is 5.12. The predicted molar refractivity (Wildman–Crippen MR) is 64.0 cm³/mol. The Kier molecular flexibility index (Phi) is 5.05. The molecule has 86 valence electrons. The summed E-state index contributed by atoms with van der Waals surface area (Å²) in [6.07, 6.45) is 2.88. The van der Waals surface area contributed by atoms with Gasteiger partial charge in [0, 0.05) is 12.1 Å². The Morgan fingerprint density at radius 2 is 2.25 bits per heavy atom. The molecule has 0 spiro atoms. The van der Waals surface area contributed by atoms with Crippen molar-refractivity contribution in [1.29, 1.82) is 0 Å². The molecule has 0 aliphatic rings. The summed E-state index contributed by atoms with van der Waals surface area (Å²) >= 11 is 4.88. The van der Waals surface area contributed by atoms with Gasteiger partial charge in [-0.15, -0.1) is 0 Å². The van der Waals surface area contributed by atoms with Gasteiger partial charge in [-0.25, -0.2) is 0 Å². The third-order valence-corrected chi connectivity index (χ3v) is 3.33. The van der Waals surface area contributed by atoms with E-state index in [-0.39, 0.29) is 16.5 Å². The minimum Gasteiger partial charge on any atom is -0.616 e. The largest absolute Gasteiger partial charge is 0.616 e. The molecule has 0 N–H and O–H groups in total. The second kappa shape index (κ2) is 6.08. The molecule has 0 aliphatic carbocycles. The lowest BCUT2D eigenvalue weighted by molar-refractivity contribution is -0.384. The Morgan fingerprint density at radius 3 is 2.75 bits per heavy atom. The van der Waals surface area contributed by atoms with Crippen molar-refractivity contribution < 1.29 is 9.48 Å². The number of nitro benzene ring substituents is 1. The quantitative estimate of drug-likeness (QED) is 0.463. The van der Waals surface area contributed by atoms with E-state index in [4.69, 9.17) is 11.6 Å². The van der Waals surface area contributed by atoms with E-state index in [9.17, 15) is 14.7 Å². The SMILES string of the molecule is CC[S+]([O-])C[C]c1ccc([N+](=O)[O-])cc1Cl. The normalized spacial score (nSPS) is 12.4. The highest BCUT2D eigenvalue weighted by atomic mass is 35.5. The third-order valence-electron chi connectivity index (χ3n) is 1.91. The molecular formula is C10H10ClNO3S. The van der Waals surface area contributed by atoms with Crippen LogP contribution in [0.1, 0.15) is 12.5 Å². The van der Waals surface area contributed by atoms with Gasteiger partial charge in [-0.05, 0) is 18.6 Å². The summed E-state index contributed by atoms with van der Waals surface area (Å²) in [6.45, 7) is 1.81. The van der Waals surface area contributed by atoms with E-state index in [1.54, 1.807) is 0 Å². The van der Waals surface area contributed by atoms with Gasteiger partial charge in [-0.1, -0.05) is 22.8 Å². The van der Waals surface area contributed by atoms with Crippen molar-refractivity contribution in [3.63, 3.8) is 0 Å². The summed E-state index contributed by atoms with van der Waals surface area (Å²) in [6, 6.07) is 4.12. The molecule has 6 heteroatoms. The van der Waals surface area contributed by atoms with Gasteiger partial charge >= 0.3 is 0 Å². The Labute approximate surface area is 102 Å². The smallest absolute Gasteiger partial charge is 0.270 e. The Hall–Kier alpha value is -0.780. The van der Waals surface area contributed by atoms with Crippen LogP contribution in [-0.2, 0) is 11.2 Å². The maximum Gasteiger partial charge on any atom is 0.270 e. The molecule has 2 radical (unpaired) electrons. The average molecular weight is 260 g/mol. The molecule has 1 aromatic carbocycles. The number of non-ortho nitro benzene ring substituents is 1. The third kappa shape index (κ3) is 3.66. The summed E-state index contributed by atoms with van der Waals surface area (Å²) in [5.41, 5.74) is 0.487. The minimum atomic E-state index is -0.954. The van der Waals surface area contributed by atoms with Crippen molar-refractivity contribution in [1.82, 2.24) is 0 Å². The summed E-state index contributed by atoms with van der Waals surface area (Å²) in [5.74, 6) is 0.839. The number of rotatable bonds is 5. The van der Waals surface area contributed by atoms with Crippen LogP contribution in [0.5, 0.6) is 0 Å². The molecule has 0 aliphatic heterocycles. The van der Waals surface area contributed by atoms with E-state index in [1.165, 1.54) is 18.2 Å². The summed E-state index contributed by atoms with van der Waals surface area (Å²) in [5, 5.41) is 10.7. The zero-order valence-electron chi connectivity index (χ0n) is 8.60. The number of halogens is 1. The van der Waals surface area contributed by atoms with Crippen LogP contribution < -0.4 is 0 Å².